The predicted molar refractivity (Wildman–Crippen MR) is 136 cm³/mol. The van der Waals surface area contributed by atoms with Gasteiger partial charge in [-0.25, -0.2) is 9.55 Å². The highest BCUT2D eigenvalue weighted by atomic mass is 35.5. The molecule has 36 heavy (non-hydrogen) atoms. The number of carbonyl (C=O) groups is 2. The van der Waals surface area contributed by atoms with E-state index in [1.165, 1.54) is 0 Å². The first-order chi connectivity index (χ1) is 17.4. The molecule has 2 aromatic carbocycles. The number of aromatic hydroxyl groups is 1. The van der Waals surface area contributed by atoms with Crippen molar-refractivity contribution in [3.05, 3.63) is 88.5 Å². The standard InChI is InChI=1S/C27H26ClN5O3/c1-17-14-18(4-6-21(17)27(36)33-10-2-3-11-33)26(35)31-24(16-32-12-8-20(34)9-13-32)25-29-22-7-5-19(28)15-23(22)30-25/h4-9,12-15,24H,2-3,10-11,16H2,1H3,(H2,29,30,31,35)/p+1. The topological polar surface area (TPSA) is 102 Å². The zero-order valence-corrected chi connectivity index (χ0v) is 20.6. The molecule has 0 aliphatic carbocycles. The van der Waals surface area contributed by atoms with Crippen LogP contribution in [-0.4, -0.2) is 44.9 Å². The minimum Gasteiger partial charge on any atom is -0.507 e. The van der Waals surface area contributed by atoms with E-state index in [4.69, 9.17) is 11.6 Å². The summed E-state index contributed by atoms with van der Waals surface area (Å²) in [6.45, 7) is 3.79. The van der Waals surface area contributed by atoms with Crippen molar-refractivity contribution in [2.24, 2.45) is 0 Å². The summed E-state index contributed by atoms with van der Waals surface area (Å²) in [5, 5.41) is 13.3. The number of imidazole rings is 1. The number of H-pyrrole nitrogens is 1. The van der Waals surface area contributed by atoms with E-state index in [2.05, 4.69) is 15.3 Å². The number of likely N-dealkylation sites (tertiary alicyclic amines) is 1. The highest BCUT2D eigenvalue weighted by Crippen LogP contribution is 2.22. The Morgan fingerprint density at radius 2 is 1.89 bits per heavy atom. The Morgan fingerprint density at radius 1 is 1.14 bits per heavy atom. The molecular formula is C27H27ClN5O3+. The molecule has 5 rings (SSSR count). The van der Waals surface area contributed by atoms with Crippen molar-refractivity contribution in [2.75, 3.05) is 13.1 Å². The number of hydrogen-bond donors (Lipinski definition) is 3. The summed E-state index contributed by atoms with van der Waals surface area (Å²) in [7, 11) is 0. The monoisotopic (exact) mass is 504 g/mol. The third kappa shape index (κ3) is 5.04. The van der Waals surface area contributed by atoms with Crippen LogP contribution < -0.4 is 9.88 Å². The molecule has 3 N–H and O–H groups in total. The first kappa shape index (κ1) is 23.8. The van der Waals surface area contributed by atoms with Crippen LogP contribution in [0, 0.1) is 6.92 Å². The van der Waals surface area contributed by atoms with Gasteiger partial charge in [0, 0.05) is 41.4 Å². The Labute approximate surface area is 213 Å². The number of nitrogens with zero attached hydrogens (tertiary/aromatic N) is 3. The Bertz CT molecular complexity index is 1430. The van der Waals surface area contributed by atoms with Gasteiger partial charge < -0.3 is 20.3 Å². The maximum Gasteiger partial charge on any atom is 0.254 e. The van der Waals surface area contributed by atoms with Crippen LogP contribution >= 0.6 is 11.6 Å². The molecule has 2 aromatic heterocycles. The molecule has 1 saturated heterocycles. The number of pyridine rings is 1. The van der Waals surface area contributed by atoms with Crippen LogP contribution in [0.5, 0.6) is 5.75 Å². The van der Waals surface area contributed by atoms with Crippen molar-refractivity contribution in [2.45, 2.75) is 32.4 Å². The molecule has 0 bridgehead atoms. The lowest BCUT2D eigenvalue weighted by Gasteiger charge is -2.18. The van der Waals surface area contributed by atoms with Crippen LogP contribution in [0.4, 0.5) is 0 Å². The number of nitrogens with one attached hydrogen (secondary N) is 2. The summed E-state index contributed by atoms with van der Waals surface area (Å²) in [6.07, 6.45) is 5.52. The second kappa shape index (κ2) is 9.99. The maximum atomic E-state index is 13.3. The van der Waals surface area contributed by atoms with Gasteiger partial charge in [0.25, 0.3) is 11.8 Å². The molecule has 1 aliphatic heterocycles. The second-order valence-electron chi connectivity index (χ2n) is 9.09. The van der Waals surface area contributed by atoms with Crippen molar-refractivity contribution in [1.29, 1.82) is 0 Å². The van der Waals surface area contributed by atoms with E-state index in [1.54, 1.807) is 54.9 Å². The fourth-order valence-corrected chi connectivity index (χ4v) is 4.70. The van der Waals surface area contributed by atoms with Gasteiger partial charge in [0.2, 0.25) is 0 Å². The van der Waals surface area contributed by atoms with E-state index in [-0.39, 0.29) is 17.6 Å². The number of benzene rings is 2. The molecule has 3 heterocycles. The van der Waals surface area contributed by atoms with E-state index >= 15 is 0 Å². The smallest absolute Gasteiger partial charge is 0.254 e. The van der Waals surface area contributed by atoms with Gasteiger partial charge >= 0.3 is 0 Å². The van der Waals surface area contributed by atoms with Crippen LogP contribution in [-0.2, 0) is 6.54 Å². The zero-order chi connectivity index (χ0) is 25.2. The summed E-state index contributed by atoms with van der Waals surface area (Å²) < 4.78 is 1.86. The number of aromatic amines is 1. The van der Waals surface area contributed by atoms with Crippen molar-refractivity contribution in [3.8, 4) is 5.75 Å². The van der Waals surface area contributed by atoms with Gasteiger partial charge in [-0.15, -0.1) is 0 Å². The molecule has 184 valence electrons. The molecule has 9 heteroatoms. The van der Waals surface area contributed by atoms with Gasteiger partial charge in [0.1, 0.15) is 17.6 Å². The Balaban J connectivity index is 1.41. The molecule has 2 amide bonds. The van der Waals surface area contributed by atoms with Gasteiger partial charge in [-0.1, -0.05) is 11.6 Å². The lowest BCUT2D eigenvalue weighted by atomic mass is 10.0. The van der Waals surface area contributed by atoms with Crippen molar-refractivity contribution in [1.82, 2.24) is 20.2 Å². The molecule has 1 unspecified atom stereocenters. The molecule has 1 aliphatic rings. The third-order valence-electron chi connectivity index (χ3n) is 6.48. The summed E-state index contributed by atoms with van der Waals surface area (Å²) in [5.74, 6) is 0.476. The normalized spacial score (nSPS) is 14.2. The van der Waals surface area contributed by atoms with Gasteiger partial charge in [-0.2, -0.15) is 0 Å². The number of amides is 2. The summed E-state index contributed by atoms with van der Waals surface area (Å²) in [6, 6.07) is 13.2. The molecule has 1 atom stereocenters. The largest absolute Gasteiger partial charge is 0.507 e. The molecule has 8 nitrogen and oxygen atoms in total. The lowest BCUT2D eigenvalue weighted by molar-refractivity contribution is -0.700. The first-order valence-corrected chi connectivity index (χ1v) is 12.3. The van der Waals surface area contributed by atoms with Crippen LogP contribution in [0.25, 0.3) is 11.0 Å². The molecular weight excluding hydrogens is 478 g/mol. The number of aromatic nitrogens is 3. The first-order valence-electron chi connectivity index (χ1n) is 11.9. The molecule has 4 aromatic rings. The molecule has 0 radical (unpaired) electrons. The quantitative estimate of drug-likeness (QED) is 0.346. The average Bonchev–Trinajstić information content (AvgIpc) is 3.54. The van der Waals surface area contributed by atoms with Crippen LogP contribution in [0.1, 0.15) is 51.0 Å². The van der Waals surface area contributed by atoms with Crippen molar-refractivity contribution in [3.63, 3.8) is 0 Å². The number of aryl methyl sites for hydroxylation is 1. The van der Waals surface area contributed by atoms with Crippen molar-refractivity contribution >= 4 is 34.4 Å². The van der Waals surface area contributed by atoms with Crippen LogP contribution in [0.15, 0.2) is 60.9 Å². The maximum absolute atomic E-state index is 13.3. The van der Waals surface area contributed by atoms with E-state index in [0.29, 0.717) is 28.5 Å². The number of fused-ring (bicyclic) bond motifs is 1. The summed E-state index contributed by atoms with van der Waals surface area (Å²) in [5.41, 5.74) is 3.37. The SMILES string of the molecule is Cc1cc(C(=O)NC(C[n+]2ccc(O)cc2)c2nc3ccc(Cl)cc3[nH]2)ccc1C(=O)N1CCCC1. The van der Waals surface area contributed by atoms with E-state index in [9.17, 15) is 14.7 Å². The summed E-state index contributed by atoms with van der Waals surface area (Å²) in [4.78, 5) is 35.9. The minimum atomic E-state index is -0.496. The second-order valence-corrected chi connectivity index (χ2v) is 9.53. The summed E-state index contributed by atoms with van der Waals surface area (Å²) >= 11 is 6.14. The fraction of sp³-hybridized carbons (Fsp3) is 0.259. The van der Waals surface area contributed by atoms with Crippen molar-refractivity contribution < 1.29 is 19.3 Å². The van der Waals surface area contributed by atoms with Gasteiger partial charge in [0.05, 0.1) is 11.0 Å². The predicted octanol–water partition coefficient (Wildman–Crippen LogP) is 3.93. The molecule has 1 fully saturated rings. The number of hydrogen-bond acceptors (Lipinski definition) is 4. The van der Waals surface area contributed by atoms with E-state index in [1.807, 2.05) is 22.5 Å². The molecule has 0 spiro atoms. The van der Waals surface area contributed by atoms with Crippen LogP contribution in [0.2, 0.25) is 5.02 Å². The highest BCUT2D eigenvalue weighted by Gasteiger charge is 2.25. The number of rotatable bonds is 6. The van der Waals surface area contributed by atoms with Crippen LogP contribution in [0.3, 0.4) is 0 Å². The van der Waals surface area contributed by atoms with Gasteiger partial charge in [-0.3, -0.25) is 9.59 Å². The number of halogens is 1. The highest BCUT2D eigenvalue weighted by molar-refractivity contribution is 6.31. The number of carbonyl (C=O) groups excluding carboxylic acids is 2. The molecule has 0 saturated carbocycles. The minimum absolute atomic E-state index is 0.0134. The Hall–Kier alpha value is -3.91. The Morgan fingerprint density at radius 3 is 2.61 bits per heavy atom. The zero-order valence-electron chi connectivity index (χ0n) is 19.9. The van der Waals surface area contributed by atoms with E-state index in [0.717, 1.165) is 42.5 Å². The third-order valence-corrected chi connectivity index (χ3v) is 6.71. The Kier molecular flexibility index (Phi) is 6.61. The fourth-order valence-electron chi connectivity index (χ4n) is 4.53. The van der Waals surface area contributed by atoms with Gasteiger partial charge in [0.15, 0.2) is 18.9 Å². The van der Waals surface area contributed by atoms with E-state index < -0.39 is 6.04 Å². The average molecular weight is 505 g/mol. The van der Waals surface area contributed by atoms with Gasteiger partial charge in [-0.05, 0) is 61.7 Å². The lowest BCUT2D eigenvalue weighted by Crippen LogP contribution is -2.42.